The topological polar surface area (TPSA) is 80.8 Å². The van der Waals surface area contributed by atoms with Crippen LogP contribution in [0, 0.1) is 5.92 Å². The Bertz CT molecular complexity index is 403. The van der Waals surface area contributed by atoms with Gasteiger partial charge in [-0.2, -0.15) is 0 Å². The van der Waals surface area contributed by atoms with E-state index in [1.54, 1.807) is 0 Å². The van der Waals surface area contributed by atoms with Gasteiger partial charge in [-0.05, 0) is 19.8 Å². The van der Waals surface area contributed by atoms with Crippen LogP contribution in [0.15, 0.2) is 0 Å². The lowest BCUT2D eigenvalue weighted by molar-refractivity contribution is -0.137. The first-order valence-corrected chi connectivity index (χ1v) is 7.03. The fourth-order valence-electron chi connectivity index (χ4n) is 1.83. The second kappa shape index (κ2) is 5.59. The number of ether oxygens (including phenoxy) is 1. The number of hydrogen-bond acceptors (Lipinski definition) is 5. The molecule has 6 nitrogen and oxygen atoms in total. The van der Waals surface area contributed by atoms with Crippen LogP contribution >= 0.6 is 0 Å². The number of methoxy groups -OCH3 is 1. The summed E-state index contributed by atoms with van der Waals surface area (Å²) in [7, 11) is -2.51. The van der Waals surface area contributed by atoms with E-state index in [-0.39, 0.29) is 18.2 Å². The van der Waals surface area contributed by atoms with Crippen molar-refractivity contribution in [2.24, 2.45) is 5.92 Å². The number of esters is 1. The molecule has 1 saturated heterocycles. The van der Waals surface area contributed by atoms with Crippen LogP contribution in [0.5, 0.6) is 0 Å². The molecule has 1 rings (SSSR count). The number of piperidine rings is 1. The molecule has 98 valence electrons. The quantitative estimate of drug-likeness (QED) is 0.656. The monoisotopic (exact) mass is 263 g/mol. The summed E-state index contributed by atoms with van der Waals surface area (Å²) in [5.74, 6) is -1.71. The second-order valence-electron chi connectivity index (χ2n) is 4.14. The highest BCUT2D eigenvalue weighted by Crippen LogP contribution is 2.20. The largest absolute Gasteiger partial charge is 0.468 e. The van der Waals surface area contributed by atoms with Crippen LogP contribution in [-0.4, -0.2) is 50.4 Å². The number of Topliss-reactive ketones (excluding diaryl/α,β-unsaturated/α-hetero) is 1. The lowest BCUT2D eigenvalue weighted by Gasteiger charge is -2.30. The highest BCUT2D eigenvalue weighted by atomic mass is 32.2. The van der Waals surface area contributed by atoms with Gasteiger partial charge in [0, 0.05) is 19.0 Å². The van der Waals surface area contributed by atoms with Gasteiger partial charge in [-0.1, -0.05) is 0 Å². The van der Waals surface area contributed by atoms with E-state index in [1.165, 1.54) is 11.2 Å². The van der Waals surface area contributed by atoms with Gasteiger partial charge < -0.3 is 4.74 Å². The van der Waals surface area contributed by atoms with Crippen molar-refractivity contribution in [3.63, 3.8) is 0 Å². The smallest absolute Gasteiger partial charge is 0.322 e. The summed E-state index contributed by atoms with van der Waals surface area (Å²) < 4.78 is 29.2. The molecule has 0 bridgehead atoms. The van der Waals surface area contributed by atoms with Crippen LogP contribution in [0.3, 0.4) is 0 Å². The van der Waals surface area contributed by atoms with Gasteiger partial charge in [-0.3, -0.25) is 9.59 Å². The molecular formula is C10H17NO5S. The number of ketones is 1. The molecule has 1 fully saturated rings. The first-order valence-electron chi connectivity index (χ1n) is 5.42. The number of hydrogen-bond donors (Lipinski definition) is 0. The fraction of sp³-hybridized carbons (Fsp3) is 0.800. The molecule has 1 aliphatic rings. The van der Waals surface area contributed by atoms with Crippen molar-refractivity contribution in [2.75, 3.05) is 26.0 Å². The van der Waals surface area contributed by atoms with Crippen LogP contribution in [0.1, 0.15) is 19.8 Å². The van der Waals surface area contributed by atoms with Crippen molar-refractivity contribution in [3.8, 4) is 0 Å². The van der Waals surface area contributed by atoms with E-state index >= 15 is 0 Å². The molecule has 0 aromatic heterocycles. The number of nitrogens with zero attached hydrogens (tertiary/aromatic N) is 1. The molecule has 0 N–H and O–H groups in total. The molecular weight excluding hydrogens is 246 g/mol. The van der Waals surface area contributed by atoms with Gasteiger partial charge in [-0.15, -0.1) is 0 Å². The zero-order valence-corrected chi connectivity index (χ0v) is 10.8. The van der Waals surface area contributed by atoms with Gasteiger partial charge in [0.2, 0.25) is 10.0 Å². The van der Waals surface area contributed by atoms with Gasteiger partial charge in [0.25, 0.3) is 0 Å². The van der Waals surface area contributed by atoms with Crippen molar-refractivity contribution in [2.45, 2.75) is 19.8 Å². The Morgan fingerprint density at radius 2 is 2.06 bits per heavy atom. The normalized spacial score (nSPS) is 22.1. The van der Waals surface area contributed by atoms with Crippen LogP contribution in [0.25, 0.3) is 0 Å². The van der Waals surface area contributed by atoms with E-state index in [0.717, 1.165) is 7.11 Å². The third kappa shape index (κ3) is 3.78. The van der Waals surface area contributed by atoms with Gasteiger partial charge in [0.05, 0.1) is 7.11 Å². The summed E-state index contributed by atoms with van der Waals surface area (Å²) in [5, 5.41) is 0. The summed E-state index contributed by atoms with van der Waals surface area (Å²) in [6, 6.07) is 0. The van der Waals surface area contributed by atoms with Gasteiger partial charge in [0.15, 0.2) is 5.75 Å². The molecule has 1 aliphatic heterocycles. The lowest BCUT2D eigenvalue weighted by Crippen LogP contribution is -2.44. The predicted octanol–water partition coefficient (Wildman–Crippen LogP) is -0.210. The Balaban J connectivity index is 2.71. The highest BCUT2D eigenvalue weighted by molar-refractivity contribution is 7.89. The average Bonchev–Trinajstić information content (AvgIpc) is 2.28. The maximum absolute atomic E-state index is 11.8. The van der Waals surface area contributed by atoms with Crippen molar-refractivity contribution >= 4 is 21.8 Å². The summed E-state index contributed by atoms with van der Waals surface area (Å²) in [5.41, 5.74) is 0. The van der Waals surface area contributed by atoms with Gasteiger partial charge in [0.1, 0.15) is 5.78 Å². The van der Waals surface area contributed by atoms with E-state index in [2.05, 4.69) is 4.74 Å². The molecule has 0 saturated carbocycles. The van der Waals surface area contributed by atoms with E-state index in [9.17, 15) is 18.0 Å². The Labute approximate surface area is 101 Å². The first kappa shape index (κ1) is 14.1. The number of rotatable bonds is 4. The summed E-state index contributed by atoms with van der Waals surface area (Å²) in [6.07, 6.45) is 1.35. The Morgan fingerprint density at radius 1 is 1.41 bits per heavy atom. The lowest BCUT2D eigenvalue weighted by atomic mass is 9.96. The zero-order valence-electron chi connectivity index (χ0n) is 10.0. The second-order valence-corrected chi connectivity index (χ2v) is 6.11. The Hall–Kier alpha value is -0.950. The van der Waals surface area contributed by atoms with E-state index in [4.69, 9.17) is 0 Å². The van der Waals surface area contributed by atoms with E-state index in [0.29, 0.717) is 19.4 Å². The van der Waals surface area contributed by atoms with Crippen LogP contribution in [0.4, 0.5) is 0 Å². The number of carbonyl (C=O) groups excluding carboxylic acids is 2. The maximum atomic E-state index is 11.8. The minimum absolute atomic E-state index is 0.0111. The highest BCUT2D eigenvalue weighted by Gasteiger charge is 2.32. The molecule has 0 aliphatic carbocycles. The van der Waals surface area contributed by atoms with Crippen LogP contribution in [-0.2, 0) is 24.3 Å². The molecule has 1 atom stereocenters. The molecule has 0 aromatic rings. The summed E-state index contributed by atoms with van der Waals surface area (Å²) in [4.78, 5) is 22.2. The standard InChI is InChI=1S/C10H17NO5S/c1-8(12)9-4-3-5-11(6-9)17(14,15)7-10(13)16-2/h9H,3-7H2,1-2H3. The molecule has 0 spiro atoms. The molecule has 0 aromatic carbocycles. The molecule has 1 unspecified atom stereocenters. The minimum atomic E-state index is -3.65. The van der Waals surface area contributed by atoms with Crippen LogP contribution in [0.2, 0.25) is 0 Å². The van der Waals surface area contributed by atoms with Crippen molar-refractivity contribution in [1.82, 2.24) is 4.31 Å². The van der Waals surface area contributed by atoms with Gasteiger partial charge >= 0.3 is 5.97 Å². The predicted molar refractivity (Wildman–Crippen MR) is 60.8 cm³/mol. The zero-order chi connectivity index (χ0) is 13.1. The summed E-state index contributed by atoms with van der Waals surface area (Å²) in [6.45, 7) is 2.00. The number of sulfonamides is 1. The third-order valence-corrected chi connectivity index (χ3v) is 4.60. The van der Waals surface area contributed by atoms with Crippen molar-refractivity contribution in [3.05, 3.63) is 0 Å². The Morgan fingerprint density at radius 3 is 2.59 bits per heavy atom. The van der Waals surface area contributed by atoms with E-state index < -0.39 is 21.7 Å². The van der Waals surface area contributed by atoms with Crippen molar-refractivity contribution < 1.29 is 22.7 Å². The van der Waals surface area contributed by atoms with Crippen molar-refractivity contribution in [1.29, 1.82) is 0 Å². The average molecular weight is 263 g/mol. The maximum Gasteiger partial charge on any atom is 0.322 e. The Kier molecular flexibility index (Phi) is 4.64. The van der Waals surface area contributed by atoms with Crippen LogP contribution < -0.4 is 0 Å². The van der Waals surface area contributed by atoms with E-state index in [1.807, 2.05) is 0 Å². The minimum Gasteiger partial charge on any atom is -0.468 e. The number of carbonyl (C=O) groups is 2. The fourth-order valence-corrected chi connectivity index (χ4v) is 3.24. The third-order valence-electron chi connectivity index (χ3n) is 2.88. The molecule has 7 heteroatoms. The molecule has 0 amide bonds. The SMILES string of the molecule is COC(=O)CS(=O)(=O)N1CCCC(C(C)=O)C1. The summed E-state index contributed by atoms with van der Waals surface area (Å²) >= 11 is 0. The molecule has 0 radical (unpaired) electrons. The first-order chi connectivity index (χ1) is 7.86. The molecule has 17 heavy (non-hydrogen) atoms. The van der Waals surface area contributed by atoms with Gasteiger partial charge in [-0.25, -0.2) is 12.7 Å². The molecule has 1 heterocycles.